The van der Waals surface area contributed by atoms with E-state index in [1.807, 2.05) is 35.1 Å². The highest BCUT2D eigenvalue weighted by Crippen LogP contribution is 2.31. The van der Waals surface area contributed by atoms with Crippen molar-refractivity contribution in [3.05, 3.63) is 95.9 Å². The Balaban J connectivity index is 1.53. The quantitative estimate of drug-likeness (QED) is 0.422. The highest BCUT2D eigenvalue weighted by Gasteiger charge is 2.20. The first-order valence-corrected chi connectivity index (χ1v) is 11.0. The summed E-state index contributed by atoms with van der Waals surface area (Å²) in [4.78, 5) is 2.33. The topological polar surface area (TPSA) is 30.3 Å². The Morgan fingerprint density at radius 2 is 1.53 bits per heavy atom. The minimum absolute atomic E-state index is 0.242. The van der Waals surface area contributed by atoms with E-state index in [0.29, 0.717) is 12.1 Å². The van der Waals surface area contributed by atoms with Gasteiger partial charge in [0.05, 0.1) is 30.8 Å². The first-order valence-electron chi connectivity index (χ1n) is 11.0. The molecule has 3 aromatic carbocycles. The van der Waals surface area contributed by atoms with Crippen molar-refractivity contribution < 1.29 is 9.13 Å². The molecule has 1 saturated heterocycles. The highest BCUT2D eigenvalue weighted by atomic mass is 19.1. The van der Waals surface area contributed by atoms with Gasteiger partial charge in [0.1, 0.15) is 5.82 Å². The number of ether oxygens (including phenoxy) is 1. The molecule has 0 amide bonds. The van der Waals surface area contributed by atoms with Crippen molar-refractivity contribution >= 4 is 0 Å². The molecule has 1 aliphatic heterocycles. The zero-order valence-corrected chi connectivity index (χ0v) is 18.2. The van der Waals surface area contributed by atoms with Crippen LogP contribution < -0.4 is 0 Å². The van der Waals surface area contributed by atoms with E-state index in [-0.39, 0.29) is 5.82 Å². The maximum Gasteiger partial charge on any atom is 0.132 e. The molecule has 0 radical (unpaired) electrons. The fraction of sp³-hybridized carbons (Fsp3) is 0.222. The molecule has 0 unspecified atom stereocenters. The van der Waals surface area contributed by atoms with E-state index in [0.717, 1.165) is 48.8 Å². The first kappa shape index (κ1) is 20.6. The minimum atomic E-state index is -0.242. The van der Waals surface area contributed by atoms with E-state index in [2.05, 4.69) is 53.3 Å². The minimum Gasteiger partial charge on any atom is -0.379 e. The van der Waals surface area contributed by atoms with Crippen LogP contribution in [0.4, 0.5) is 4.39 Å². The second-order valence-electron chi connectivity index (χ2n) is 8.21. The Hall–Kier alpha value is -3.28. The number of benzene rings is 3. The van der Waals surface area contributed by atoms with Crippen LogP contribution in [0.3, 0.4) is 0 Å². The van der Waals surface area contributed by atoms with Crippen LogP contribution in [0, 0.1) is 12.7 Å². The van der Waals surface area contributed by atoms with Crippen LogP contribution in [-0.2, 0) is 11.3 Å². The van der Waals surface area contributed by atoms with Crippen LogP contribution in [0.15, 0.2) is 79.0 Å². The van der Waals surface area contributed by atoms with E-state index < -0.39 is 0 Å². The maximum atomic E-state index is 14.9. The molecule has 0 atom stereocenters. The number of hydrogen-bond donors (Lipinski definition) is 0. The van der Waals surface area contributed by atoms with Crippen molar-refractivity contribution in [2.45, 2.75) is 13.5 Å². The lowest BCUT2D eigenvalue weighted by Gasteiger charge is -2.26. The van der Waals surface area contributed by atoms with E-state index in [1.54, 1.807) is 6.07 Å². The van der Waals surface area contributed by atoms with Gasteiger partial charge in [0.25, 0.3) is 0 Å². The summed E-state index contributed by atoms with van der Waals surface area (Å²) in [5.74, 6) is -0.242. The SMILES string of the molecule is Cc1ccc(-c2ccc(-n3ncc(CN4CCOCC4)c3-c3ccccc3F)cc2)cc1. The normalized spacial score (nSPS) is 14.6. The van der Waals surface area contributed by atoms with E-state index in [4.69, 9.17) is 4.74 Å². The Kier molecular flexibility index (Phi) is 5.84. The zero-order valence-electron chi connectivity index (χ0n) is 18.2. The second-order valence-corrected chi connectivity index (χ2v) is 8.21. The van der Waals surface area contributed by atoms with E-state index >= 15 is 0 Å². The van der Waals surface area contributed by atoms with Gasteiger partial charge in [-0.05, 0) is 42.3 Å². The average molecular weight is 428 g/mol. The third-order valence-corrected chi connectivity index (χ3v) is 5.97. The summed E-state index contributed by atoms with van der Waals surface area (Å²) in [7, 11) is 0. The largest absolute Gasteiger partial charge is 0.379 e. The maximum absolute atomic E-state index is 14.9. The summed E-state index contributed by atoms with van der Waals surface area (Å²) in [5.41, 5.74) is 6.84. The third kappa shape index (κ3) is 4.22. The summed E-state index contributed by atoms with van der Waals surface area (Å²) in [6.07, 6.45) is 1.87. The predicted octanol–water partition coefficient (Wildman–Crippen LogP) is 5.49. The molecule has 32 heavy (non-hydrogen) atoms. The Morgan fingerprint density at radius 3 is 2.22 bits per heavy atom. The smallest absolute Gasteiger partial charge is 0.132 e. The van der Waals surface area contributed by atoms with Gasteiger partial charge in [-0.25, -0.2) is 9.07 Å². The van der Waals surface area contributed by atoms with Crippen molar-refractivity contribution in [2.75, 3.05) is 26.3 Å². The van der Waals surface area contributed by atoms with Gasteiger partial charge in [0, 0.05) is 30.8 Å². The molecule has 0 N–H and O–H groups in total. The lowest BCUT2D eigenvalue weighted by Crippen LogP contribution is -2.35. The molecule has 0 spiro atoms. The first-order chi connectivity index (χ1) is 15.7. The molecule has 0 aliphatic carbocycles. The Morgan fingerprint density at radius 1 is 0.875 bits per heavy atom. The van der Waals surface area contributed by atoms with Crippen molar-refractivity contribution in [1.29, 1.82) is 0 Å². The molecule has 1 fully saturated rings. The van der Waals surface area contributed by atoms with Crippen molar-refractivity contribution in [3.63, 3.8) is 0 Å². The fourth-order valence-electron chi connectivity index (χ4n) is 4.18. The van der Waals surface area contributed by atoms with Crippen LogP contribution in [0.1, 0.15) is 11.1 Å². The summed E-state index contributed by atoms with van der Waals surface area (Å²) in [6.45, 7) is 5.99. The second kappa shape index (κ2) is 9.07. The molecule has 4 nitrogen and oxygen atoms in total. The molecule has 1 aliphatic rings. The van der Waals surface area contributed by atoms with Crippen LogP contribution in [0.2, 0.25) is 0 Å². The van der Waals surface area contributed by atoms with Gasteiger partial charge in [0.15, 0.2) is 0 Å². The van der Waals surface area contributed by atoms with Gasteiger partial charge in [-0.15, -0.1) is 0 Å². The molecule has 0 saturated carbocycles. The molecule has 1 aromatic heterocycles. The summed E-state index contributed by atoms with van der Waals surface area (Å²) >= 11 is 0. The van der Waals surface area contributed by atoms with Gasteiger partial charge < -0.3 is 4.74 Å². The number of hydrogen-bond acceptors (Lipinski definition) is 3. The van der Waals surface area contributed by atoms with Gasteiger partial charge in [0.2, 0.25) is 0 Å². The monoisotopic (exact) mass is 427 g/mol. The molecule has 4 aromatic rings. The molecular weight excluding hydrogens is 401 g/mol. The standard InChI is InChI=1S/C27H26FN3O/c1-20-6-8-21(9-7-20)22-10-12-24(13-11-22)31-27(25-4-2-3-5-26(25)28)23(18-29-31)19-30-14-16-32-17-15-30/h2-13,18H,14-17,19H2,1H3. The lowest BCUT2D eigenvalue weighted by atomic mass is 10.0. The molecular formula is C27H26FN3O. The van der Waals surface area contributed by atoms with E-state index in [9.17, 15) is 4.39 Å². The van der Waals surface area contributed by atoms with Crippen molar-refractivity contribution in [3.8, 4) is 28.1 Å². The van der Waals surface area contributed by atoms with Crippen molar-refractivity contribution in [1.82, 2.24) is 14.7 Å². The molecule has 2 heterocycles. The zero-order chi connectivity index (χ0) is 21.9. The number of aryl methyl sites for hydroxylation is 1. The number of rotatable bonds is 5. The Labute approximate surface area is 187 Å². The highest BCUT2D eigenvalue weighted by molar-refractivity contribution is 5.68. The summed E-state index contributed by atoms with van der Waals surface area (Å²) in [6, 6.07) is 23.7. The van der Waals surface area contributed by atoms with Crippen LogP contribution in [0.5, 0.6) is 0 Å². The number of nitrogens with zero attached hydrogens (tertiary/aromatic N) is 3. The Bertz CT molecular complexity index is 1190. The van der Waals surface area contributed by atoms with Crippen LogP contribution in [0.25, 0.3) is 28.1 Å². The van der Waals surface area contributed by atoms with Crippen molar-refractivity contribution in [2.24, 2.45) is 0 Å². The van der Waals surface area contributed by atoms with Gasteiger partial charge >= 0.3 is 0 Å². The summed E-state index contributed by atoms with van der Waals surface area (Å²) < 4.78 is 22.2. The molecule has 0 bridgehead atoms. The number of morpholine rings is 1. The fourth-order valence-corrected chi connectivity index (χ4v) is 4.18. The van der Waals surface area contributed by atoms with Gasteiger partial charge in [-0.2, -0.15) is 5.10 Å². The lowest BCUT2D eigenvalue weighted by molar-refractivity contribution is 0.0342. The van der Waals surface area contributed by atoms with Gasteiger partial charge in [-0.1, -0.05) is 54.1 Å². The molecule has 5 heteroatoms. The van der Waals surface area contributed by atoms with Crippen LogP contribution in [-0.4, -0.2) is 41.0 Å². The van der Waals surface area contributed by atoms with Gasteiger partial charge in [-0.3, -0.25) is 4.90 Å². The molecule has 162 valence electrons. The van der Waals surface area contributed by atoms with Crippen LogP contribution >= 0.6 is 0 Å². The predicted molar refractivity (Wildman–Crippen MR) is 125 cm³/mol. The van der Waals surface area contributed by atoms with E-state index in [1.165, 1.54) is 17.2 Å². The molecule has 5 rings (SSSR count). The summed E-state index contributed by atoms with van der Waals surface area (Å²) in [5, 5.41) is 4.68. The average Bonchev–Trinajstić information content (AvgIpc) is 3.24. The third-order valence-electron chi connectivity index (χ3n) is 5.97. The number of halogens is 1. The number of aromatic nitrogens is 2.